The van der Waals surface area contributed by atoms with E-state index in [1.807, 2.05) is 0 Å². The van der Waals surface area contributed by atoms with Crippen LogP contribution in [0.25, 0.3) is 0 Å². The Bertz CT molecular complexity index is 878. The van der Waals surface area contributed by atoms with Crippen LogP contribution in [0, 0.1) is 0 Å². The molecule has 0 aliphatic heterocycles. The molecule has 6 nitrogen and oxygen atoms in total. The highest BCUT2D eigenvalue weighted by Crippen LogP contribution is 2.18. The van der Waals surface area contributed by atoms with Gasteiger partial charge in [0.2, 0.25) is 5.91 Å². The van der Waals surface area contributed by atoms with Gasteiger partial charge in [-0.15, -0.1) is 0 Å². The van der Waals surface area contributed by atoms with Gasteiger partial charge < -0.3 is 20.3 Å². The Morgan fingerprint density at radius 1 is 0.483 bits per heavy atom. The van der Waals surface area contributed by atoms with Gasteiger partial charge in [-0.2, -0.15) is 0 Å². The highest BCUT2D eigenvalue weighted by molar-refractivity contribution is 5.77. The molecule has 0 aliphatic carbocycles. The van der Waals surface area contributed by atoms with Gasteiger partial charge >= 0.3 is 5.97 Å². The quantitative estimate of drug-likeness (QED) is 0.0323. The summed E-state index contributed by atoms with van der Waals surface area (Å²) in [6, 6.07) is -0.699. The number of carbonyl (C=O) groups excluding carboxylic acids is 2. The fourth-order valence-electron chi connectivity index (χ4n) is 8.13. The Balaban J connectivity index is 4.42. The summed E-state index contributed by atoms with van der Waals surface area (Å²) in [6.07, 6.45) is 51.3. The number of nitrogens with one attached hydrogen (secondary N) is 1. The average Bonchev–Trinajstić information content (AvgIpc) is 3.22. The molecule has 0 aliphatic rings. The minimum Gasteiger partial charge on any atom is -0.462 e. The molecule has 0 fully saturated rings. The molecule has 6 heteroatoms. The predicted octanol–water partition coefficient (Wildman–Crippen LogP) is 15.3. The summed E-state index contributed by atoms with van der Waals surface area (Å²) in [5.74, 6) is -0.476. The number of esters is 1. The van der Waals surface area contributed by atoms with Gasteiger partial charge in [-0.1, -0.05) is 232 Å². The Morgan fingerprint density at radius 2 is 0.828 bits per heavy atom. The summed E-state index contributed by atoms with van der Waals surface area (Å²) < 4.78 is 5.91. The summed E-state index contributed by atoms with van der Waals surface area (Å²) in [5, 5.41) is 23.8. The van der Waals surface area contributed by atoms with E-state index in [4.69, 9.17) is 4.74 Å². The average molecular weight is 820 g/mol. The molecule has 3 N–H and O–H groups in total. The largest absolute Gasteiger partial charge is 0.462 e. The molecule has 0 heterocycles. The van der Waals surface area contributed by atoms with E-state index in [0.29, 0.717) is 19.3 Å². The zero-order chi connectivity index (χ0) is 42.4. The van der Waals surface area contributed by atoms with E-state index in [-0.39, 0.29) is 24.9 Å². The van der Waals surface area contributed by atoms with Gasteiger partial charge in [0.05, 0.1) is 25.2 Å². The lowest BCUT2D eigenvalue weighted by Gasteiger charge is -2.24. The van der Waals surface area contributed by atoms with Crippen molar-refractivity contribution >= 4 is 11.9 Å². The SMILES string of the molecule is CCCCC/C=C\CCCCCC(CC(=O)NC(CO)C(O)CCCCCCCCCCCCCCCCCCC)OC(=O)CCCCCCCCCCCCCC. The Morgan fingerprint density at radius 3 is 1.26 bits per heavy atom. The molecule has 0 aromatic heterocycles. The van der Waals surface area contributed by atoms with E-state index in [2.05, 4.69) is 38.2 Å². The van der Waals surface area contributed by atoms with Gasteiger partial charge in [-0.05, 0) is 51.4 Å². The van der Waals surface area contributed by atoms with Gasteiger partial charge in [0.1, 0.15) is 6.10 Å². The minimum atomic E-state index is -0.785. The Kier molecular flexibility index (Phi) is 45.5. The van der Waals surface area contributed by atoms with E-state index in [1.165, 1.54) is 173 Å². The Labute approximate surface area is 361 Å². The maximum atomic E-state index is 13.2. The fourth-order valence-corrected chi connectivity index (χ4v) is 8.13. The third-order valence-electron chi connectivity index (χ3n) is 12.1. The topological polar surface area (TPSA) is 95.9 Å². The minimum absolute atomic E-state index is 0.0733. The molecular formula is C52H101NO5. The normalized spacial score (nSPS) is 13.3. The van der Waals surface area contributed by atoms with Crippen molar-refractivity contribution in [2.75, 3.05) is 6.61 Å². The van der Waals surface area contributed by atoms with Crippen molar-refractivity contribution < 1.29 is 24.5 Å². The molecule has 0 aromatic carbocycles. The van der Waals surface area contributed by atoms with Crippen LogP contribution in [0.4, 0.5) is 0 Å². The van der Waals surface area contributed by atoms with Crippen molar-refractivity contribution in [2.24, 2.45) is 0 Å². The van der Waals surface area contributed by atoms with Gasteiger partial charge in [-0.25, -0.2) is 0 Å². The second kappa shape index (κ2) is 46.7. The highest BCUT2D eigenvalue weighted by Gasteiger charge is 2.24. The van der Waals surface area contributed by atoms with Crippen molar-refractivity contribution in [3.8, 4) is 0 Å². The summed E-state index contributed by atoms with van der Waals surface area (Å²) in [7, 11) is 0. The van der Waals surface area contributed by atoms with Crippen molar-refractivity contribution in [2.45, 2.75) is 302 Å². The van der Waals surface area contributed by atoms with Crippen molar-refractivity contribution in [3.05, 3.63) is 12.2 Å². The maximum Gasteiger partial charge on any atom is 0.306 e. The predicted molar refractivity (Wildman–Crippen MR) is 250 cm³/mol. The van der Waals surface area contributed by atoms with Crippen molar-refractivity contribution in [1.29, 1.82) is 0 Å². The Hall–Kier alpha value is -1.40. The summed E-state index contributed by atoms with van der Waals surface area (Å²) in [5.41, 5.74) is 0. The molecular weight excluding hydrogens is 719 g/mol. The first-order chi connectivity index (χ1) is 28.5. The molecule has 0 spiro atoms. The second-order valence-corrected chi connectivity index (χ2v) is 17.9. The first-order valence-electron chi connectivity index (χ1n) is 25.9. The summed E-state index contributed by atoms with van der Waals surface area (Å²) in [4.78, 5) is 26.0. The molecule has 0 aromatic rings. The molecule has 0 saturated heterocycles. The molecule has 344 valence electrons. The van der Waals surface area contributed by atoms with E-state index >= 15 is 0 Å². The number of rotatable bonds is 47. The number of hydrogen-bond acceptors (Lipinski definition) is 5. The maximum absolute atomic E-state index is 13.2. The molecule has 0 radical (unpaired) electrons. The van der Waals surface area contributed by atoms with Gasteiger partial charge in [0, 0.05) is 6.42 Å². The number of aliphatic hydroxyl groups is 2. The lowest BCUT2D eigenvalue weighted by Crippen LogP contribution is -2.46. The van der Waals surface area contributed by atoms with Crippen LogP contribution in [0.1, 0.15) is 284 Å². The van der Waals surface area contributed by atoms with Crippen LogP contribution in [0.3, 0.4) is 0 Å². The zero-order valence-corrected chi connectivity index (χ0v) is 39.2. The monoisotopic (exact) mass is 820 g/mol. The van der Waals surface area contributed by atoms with Gasteiger partial charge in [0.15, 0.2) is 0 Å². The molecule has 3 unspecified atom stereocenters. The lowest BCUT2D eigenvalue weighted by molar-refractivity contribution is -0.151. The van der Waals surface area contributed by atoms with E-state index in [9.17, 15) is 19.8 Å². The fraction of sp³-hybridized carbons (Fsp3) is 0.923. The van der Waals surface area contributed by atoms with Crippen molar-refractivity contribution in [1.82, 2.24) is 5.32 Å². The standard InChI is InChI=1S/C52H101NO5/c1-4-7-10-13-16-19-22-24-25-26-27-28-29-32-35-38-41-44-50(55)49(47-54)53-51(56)46-48(43-40-37-34-31-21-18-15-12-9-6-3)58-52(57)45-42-39-36-33-30-23-20-17-14-11-8-5-2/h18,21,48-50,54-55H,4-17,19-20,22-47H2,1-3H3,(H,53,56)/b21-18-. The number of carbonyl (C=O) groups is 2. The van der Waals surface area contributed by atoms with Crippen LogP contribution in [-0.4, -0.2) is 46.9 Å². The van der Waals surface area contributed by atoms with Gasteiger partial charge in [0.25, 0.3) is 0 Å². The molecule has 3 atom stereocenters. The van der Waals surface area contributed by atoms with Crippen LogP contribution >= 0.6 is 0 Å². The molecule has 58 heavy (non-hydrogen) atoms. The zero-order valence-electron chi connectivity index (χ0n) is 39.2. The summed E-state index contributed by atoms with van der Waals surface area (Å²) in [6.45, 7) is 6.47. The number of hydrogen-bond donors (Lipinski definition) is 3. The molecule has 0 bridgehead atoms. The number of unbranched alkanes of at least 4 members (excludes halogenated alkanes) is 33. The first kappa shape index (κ1) is 56.6. The number of ether oxygens (including phenoxy) is 1. The van der Waals surface area contributed by atoms with Crippen molar-refractivity contribution in [3.63, 3.8) is 0 Å². The van der Waals surface area contributed by atoms with E-state index < -0.39 is 18.2 Å². The van der Waals surface area contributed by atoms with Crippen LogP contribution in [-0.2, 0) is 14.3 Å². The smallest absolute Gasteiger partial charge is 0.306 e. The third kappa shape index (κ3) is 41.3. The van der Waals surface area contributed by atoms with E-state index in [0.717, 1.165) is 64.2 Å². The second-order valence-electron chi connectivity index (χ2n) is 17.9. The van der Waals surface area contributed by atoms with Crippen LogP contribution in [0.5, 0.6) is 0 Å². The number of amides is 1. The third-order valence-corrected chi connectivity index (χ3v) is 12.1. The van der Waals surface area contributed by atoms with Crippen LogP contribution in [0.2, 0.25) is 0 Å². The number of allylic oxidation sites excluding steroid dienone is 2. The van der Waals surface area contributed by atoms with Crippen LogP contribution < -0.4 is 5.32 Å². The molecule has 0 rings (SSSR count). The van der Waals surface area contributed by atoms with Gasteiger partial charge in [-0.3, -0.25) is 9.59 Å². The summed E-state index contributed by atoms with van der Waals surface area (Å²) >= 11 is 0. The first-order valence-corrected chi connectivity index (χ1v) is 25.9. The highest BCUT2D eigenvalue weighted by atomic mass is 16.5. The lowest BCUT2D eigenvalue weighted by atomic mass is 10.0. The molecule has 1 amide bonds. The van der Waals surface area contributed by atoms with E-state index in [1.54, 1.807) is 0 Å². The molecule has 0 saturated carbocycles. The number of aliphatic hydroxyl groups excluding tert-OH is 2. The van der Waals surface area contributed by atoms with Crippen LogP contribution in [0.15, 0.2) is 12.2 Å².